The molecule has 1 amide bonds. The molecule has 2 aliphatic rings. The van der Waals surface area contributed by atoms with Crippen LogP contribution in [-0.2, 0) is 22.7 Å². The number of carbonyl (C=O) groups is 1. The first kappa shape index (κ1) is 19.6. The van der Waals surface area contributed by atoms with E-state index in [1.807, 2.05) is 54.6 Å². The number of hydrogen-bond donors (Lipinski definition) is 0. The predicted octanol–water partition coefficient (Wildman–Crippen LogP) is 5.14. The number of anilines is 1. The maximum Gasteiger partial charge on any atom is 0.227 e. The molecule has 158 valence electrons. The first-order valence-corrected chi connectivity index (χ1v) is 10.3. The lowest BCUT2D eigenvalue weighted by Gasteiger charge is -2.28. The quantitative estimate of drug-likeness (QED) is 0.575. The van der Waals surface area contributed by atoms with Crippen LogP contribution in [0.25, 0.3) is 0 Å². The molecule has 3 aromatic rings. The summed E-state index contributed by atoms with van der Waals surface area (Å²) in [7, 11) is 0. The number of amides is 1. The Kier molecular flexibility index (Phi) is 5.30. The molecule has 0 aliphatic carbocycles. The molecule has 5 nitrogen and oxygen atoms in total. The third-order valence-corrected chi connectivity index (χ3v) is 5.49. The fourth-order valence-electron chi connectivity index (χ4n) is 3.98. The van der Waals surface area contributed by atoms with Crippen molar-refractivity contribution in [2.45, 2.75) is 32.3 Å². The summed E-state index contributed by atoms with van der Waals surface area (Å²) in [6.07, 6.45) is 0.881. The molecular formula is C25H22FNO4. The molecule has 1 atom stereocenters. The molecule has 6 heteroatoms. The highest BCUT2D eigenvalue weighted by Gasteiger charge is 2.26. The van der Waals surface area contributed by atoms with Crippen LogP contribution in [0.5, 0.6) is 11.5 Å². The summed E-state index contributed by atoms with van der Waals surface area (Å²) in [5.41, 5.74) is 2.98. The van der Waals surface area contributed by atoms with Crippen molar-refractivity contribution in [1.82, 2.24) is 0 Å². The molecule has 2 aliphatic heterocycles. The van der Waals surface area contributed by atoms with E-state index in [9.17, 15) is 9.18 Å². The highest BCUT2D eigenvalue weighted by Crippen LogP contribution is 2.37. The Morgan fingerprint density at radius 2 is 1.94 bits per heavy atom. The van der Waals surface area contributed by atoms with Crippen molar-refractivity contribution in [1.29, 1.82) is 0 Å². The van der Waals surface area contributed by atoms with Gasteiger partial charge in [0, 0.05) is 41.4 Å². The zero-order valence-corrected chi connectivity index (χ0v) is 16.9. The lowest BCUT2D eigenvalue weighted by atomic mass is 10.1. The van der Waals surface area contributed by atoms with Gasteiger partial charge in [-0.3, -0.25) is 4.79 Å². The monoisotopic (exact) mass is 419 g/mol. The standard InChI is InChI=1S/C25H22FNO4/c26-20-12-18(15-29-22-9-4-8-21(14-22)27-11-5-10-23(27)28)24-19(13-20)16-30-25(31-24)17-6-2-1-3-7-17/h1-4,6-9,12-14,25H,5,10-11,15-16H2/t25-/m0/s1. The van der Waals surface area contributed by atoms with Crippen molar-refractivity contribution in [3.8, 4) is 11.5 Å². The van der Waals surface area contributed by atoms with E-state index in [-0.39, 0.29) is 24.9 Å². The lowest BCUT2D eigenvalue weighted by Crippen LogP contribution is -2.23. The van der Waals surface area contributed by atoms with Crippen molar-refractivity contribution < 1.29 is 23.4 Å². The molecule has 31 heavy (non-hydrogen) atoms. The minimum absolute atomic E-state index is 0.122. The number of rotatable bonds is 5. The summed E-state index contributed by atoms with van der Waals surface area (Å²) in [6, 6.07) is 19.9. The third-order valence-electron chi connectivity index (χ3n) is 5.49. The van der Waals surface area contributed by atoms with Gasteiger partial charge in [-0.15, -0.1) is 0 Å². The van der Waals surface area contributed by atoms with Crippen LogP contribution < -0.4 is 14.4 Å². The number of hydrogen-bond acceptors (Lipinski definition) is 4. The van der Waals surface area contributed by atoms with Crippen molar-refractivity contribution in [2.75, 3.05) is 11.4 Å². The molecule has 1 fully saturated rings. The van der Waals surface area contributed by atoms with Crippen LogP contribution in [0.3, 0.4) is 0 Å². The van der Waals surface area contributed by atoms with Crippen molar-refractivity contribution >= 4 is 11.6 Å². The molecule has 0 saturated carbocycles. The van der Waals surface area contributed by atoms with Gasteiger partial charge in [-0.25, -0.2) is 4.39 Å². The fourth-order valence-corrected chi connectivity index (χ4v) is 3.98. The van der Waals surface area contributed by atoms with Crippen LogP contribution in [0.1, 0.15) is 35.8 Å². The summed E-state index contributed by atoms with van der Waals surface area (Å²) in [4.78, 5) is 13.8. The van der Waals surface area contributed by atoms with Crippen LogP contribution in [-0.4, -0.2) is 12.5 Å². The zero-order valence-electron chi connectivity index (χ0n) is 16.9. The Bertz CT molecular complexity index is 1100. The highest BCUT2D eigenvalue weighted by atomic mass is 19.1. The molecule has 2 heterocycles. The Balaban J connectivity index is 1.36. The number of carbonyl (C=O) groups excluding carboxylic acids is 1. The third kappa shape index (κ3) is 4.11. The van der Waals surface area contributed by atoms with E-state index >= 15 is 0 Å². The average molecular weight is 419 g/mol. The number of benzene rings is 3. The van der Waals surface area contributed by atoms with E-state index in [4.69, 9.17) is 14.2 Å². The first-order valence-electron chi connectivity index (χ1n) is 10.3. The minimum Gasteiger partial charge on any atom is -0.489 e. The summed E-state index contributed by atoms with van der Waals surface area (Å²) >= 11 is 0. The van der Waals surface area contributed by atoms with Crippen LogP contribution in [0, 0.1) is 5.82 Å². The Labute approximate surface area is 180 Å². The zero-order chi connectivity index (χ0) is 21.2. The van der Waals surface area contributed by atoms with E-state index in [0.29, 0.717) is 35.6 Å². The summed E-state index contributed by atoms with van der Waals surface area (Å²) < 4.78 is 32.0. The fraction of sp³-hybridized carbons (Fsp3) is 0.240. The Hall–Kier alpha value is -3.38. The molecule has 5 rings (SSSR count). The number of ether oxygens (including phenoxy) is 3. The molecular weight excluding hydrogens is 397 g/mol. The summed E-state index contributed by atoms with van der Waals surface area (Å²) in [5.74, 6) is 0.963. The van der Waals surface area contributed by atoms with Crippen LogP contribution in [0.15, 0.2) is 66.7 Å². The molecule has 0 bridgehead atoms. The number of nitrogens with zero attached hydrogens (tertiary/aromatic N) is 1. The number of halogens is 1. The van der Waals surface area contributed by atoms with Gasteiger partial charge in [0.15, 0.2) is 0 Å². The van der Waals surface area contributed by atoms with E-state index in [0.717, 1.165) is 17.7 Å². The smallest absolute Gasteiger partial charge is 0.227 e. The molecule has 1 saturated heterocycles. The van der Waals surface area contributed by atoms with Gasteiger partial charge in [-0.05, 0) is 30.7 Å². The van der Waals surface area contributed by atoms with Crippen LogP contribution >= 0.6 is 0 Å². The van der Waals surface area contributed by atoms with Gasteiger partial charge >= 0.3 is 0 Å². The molecule has 0 spiro atoms. The molecule has 3 aromatic carbocycles. The Morgan fingerprint density at radius 3 is 2.74 bits per heavy atom. The van der Waals surface area contributed by atoms with Gasteiger partial charge in [-0.2, -0.15) is 0 Å². The van der Waals surface area contributed by atoms with Gasteiger partial charge < -0.3 is 19.1 Å². The highest BCUT2D eigenvalue weighted by molar-refractivity contribution is 5.95. The van der Waals surface area contributed by atoms with Gasteiger partial charge in [0.1, 0.15) is 23.9 Å². The first-order chi connectivity index (χ1) is 15.2. The Morgan fingerprint density at radius 1 is 1.06 bits per heavy atom. The second kappa shape index (κ2) is 8.40. The molecule has 0 unspecified atom stereocenters. The van der Waals surface area contributed by atoms with E-state index in [2.05, 4.69) is 0 Å². The van der Waals surface area contributed by atoms with E-state index in [1.165, 1.54) is 12.1 Å². The molecule has 0 N–H and O–H groups in total. The van der Waals surface area contributed by atoms with Crippen molar-refractivity contribution in [3.63, 3.8) is 0 Å². The van der Waals surface area contributed by atoms with Crippen LogP contribution in [0.2, 0.25) is 0 Å². The van der Waals surface area contributed by atoms with Gasteiger partial charge in [0.05, 0.1) is 6.61 Å². The second-order valence-corrected chi connectivity index (χ2v) is 7.66. The van der Waals surface area contributed by atoms with Crippen LogP contribution in [0.4, 0.5) is 10.1 Å². The summed E-state index contributed by atoms with van der Waals surface area (Å²) in [6.45, 7) is 1.11. The van der Waals surface area contributed by atoms with E-state index in [1.54, 1.807) is 4.90 Å². The maximum atomic E-state index is 14.2. The predicted molar refractivity (Wildman–Crippen MR) is 113 cm³/mol. The normalized spacial score (nSPS) is 17.9. The molecule has 0 radical (unpaired) electrons. The number of fused-ring (bicyclic) bond motifs is 1. The van der Waals surface area contributed by atoms with Gasteiger partial charge in [0.2, 0.25) is 12.2 Å². The average Bonchev–Trinajstić information content (AvgIpc) is 3.24. The lowest BCUT2D eigenvalue weighted by molar-refractivity contribution is -0.117. The summed E-state index contributed by atoms with van der Waals surface area (Å²) in [5, 5.41) is 0. The van der Waals surface area contributed by atoms with Gasteiger partial charge in [-0.1, -0.05) is 36.4 Å². The van der Waals surface area contributed by atoms with Gasteiger partial charge in [0.25, 0.3) is 0 Å². The second-order valence-electron chi connectivity index (χ2n) is 7.66. The largest absolute Gasteiger partial charge is 0.489 e. The maximum absolute atomic E-state index is 14.2. The minimum atomic E-state index is -0.553. The van der Waals surface area contributed by atoms with E-state index < -0.39 is 6.29 Å². The SMILES string of the molecule is O=C1CCCN1c1cccc(OCc2cc(F)cc3c2O[C@@H](c2ccccc2)OC3)c1. The van der Waals surface area contributed by atoms with Crippen molar-refractivity contribution in [3.05, 3.63) is 89.2 Å². The molecule has 0 aromatic heterocycles. The van der Waals surface area contributed by atoms with Crippen molar-refractivity contribution in [2.24, 2.45) is 0 Å². The topological polar surface area (TPSA) is 48.0 Å².